The van der Waals surface area contributed by atoms with Gasteiger partial charge < -0.3 is 0 Å². The second kappa shape index (κ2) is 7.41. The van der Waals surface area contributed by atoms with Gasteiger partial charge in [-0.2, -0.15) is 0 Å². The lowest BCUT2D eigenvalue weighted by Gasteiger charge is -2.08. The van der Waals surface area contributed by atoms with E-state index in [2.05, 4.69) is 59.6 Å². The first-order chi connectivity index (χ1) is 9.93. The van der Waals surface area contributed by atoms with E-state index in [1.807, 2.05) is 36.7 Å². The molecule has 1 nitrogen and oxygen atoms in total. The molecular formula is C19H16ClN. The van der Waals surface area contributed by atoms with Crippen LogP contribution in [0.25, 0.3) is 11.6 Å². The van der Waals surface area contributed by atoms with Crippen LogP contribution in [-0.2, 0) is 0 Å². The molecule has 0 bridgehead atoms. The van der Waals surface area contributed by atoms with E-state index in [9.17, 15) is 0 Å². The Hall–Kier alpha value is -2.38. The van der Waals surface area contributed by atoms with Gasteiger partial charge in [0.05, 0.1) is 0 Å². The number of pyridine rings is 1. The number of hydrogen-bond donors (Lipinski definition) is 0. The highest BCUT2D eigenvalue weighted by Gasteiger charge is 2.04. The predicted octanol–water partition coefficient (Wildman–Crippen LogP) is 5.09. The quantitative estimate of drug-likeness (QED) is 0.655. The summed E-state index contributed by atoms with van der Waals surface area (Å²) in [6.45, 7) is 0. The summed E-state index contributed by atoms with van der Waals surface area (Å²) >= 11 is 0. The molecule has 3 rings (SSSR count). The third-order valence-electron chi connectivity index (χ3n) is 3.19. The van der Waals surface area contributed by atoms with Gasteiger partial charge in [-0.15, -0.1) is 12.4 Å². The van der Waals surface area contributed by atoms with Gasteiger partial charge in [0, 0.05) is 12.4 Å². The standard InChI is InChI=1S/C19H15N.ClH/c1-3-7-17(8-4-1)19(18-9-5-2-6-10-18)15-16-11-13-20-14-12-16;/h1-15H;1H. The third-order valence-corrected chi connectivity index (χ3v) is 3.19. The smallest absolute Gasteiger partial charge is 0.0273 e. The molecule has 104 valence electrons. The lowest BCUT2D eigenvalue weighted by molar-refractivity contribution is 1.32. The van der Waals surface area contributed by atoms with Crippen molar-refractivity contribution in [3.8, 4) is 0 Å². The van der Waals surface area contributed by atoms with Crippen molar-refractivity contribution in [2.24, 2.45) is 0 Å². The summed E-state index contributed by atoms with van der Waals surface area (Å²) in [6.07, 6.45) is 5.84. The van der Waals surface area contributed by atoms with Crippen molar-refractivity contribution in [3.63, 3.8) is 0 Å². The van der Waals surface area contributed by atoms with Crippen LogP contribution < -0.4 is 0 Å². The largest absolute Gasteiger partial charge is 0.265 e. The minimum absolute atomic E-state index is 0. The number of hydrogen-bond acceptors (Lipinski definition) is 1. The van der Waals surface area contributed by atoms with E-state index in [1.165, 1.54) is 16.7 Å². The molecule has 3 aromatic rings. The molecule has 0 aliphatic carbocycles. The molecule has 0 amide bonds. The molecular weight excluding hydrogens is 278 g/mol. The molecule has 2 aromatic carbocycles. The van der Waals surface area contributed by atoms with Gasteiger partial charge in [0.2, 0.25) is 0 Å². The second-order valence-electron chi connectivity index (χ2n) is 4.57. The van der Waals surface area contributed by atoms with Gasteiger partial charge in [0.15, 0.2) is 0 Å². The Labute approximate surface area is 131 Å². The van der Waals surface area contributed by atoms with E-state index in [4.69, 9.17) is 0 Å². The fourth-order valence-corrected chi connectivity index (χ4v) is 2.20. The third kappa shape index (κ3) is 3.80. The maximum absolute atomic E-state index is 4.07. The van der Waals surface area contributed by atoms with E-state index in [0.29, 0.717) is 0 Å². The highest BCUT2D eigenvalue weighted by Crippen LogP contribution is 2.25. The SMILES string of the molecule is C(=C(c1ccccc1)c1ccccc1)c1ccncc1.Cl. The van der Waals surface area contributed by atoms with Crippen LogP contribution in [0.4, 0.5) is 0 Å². The van der Waals surface area contributed by atoms with E-state index in [1.54, 1.807) is 0 Å². The van der Waals surface area contributed by atoms with Crippen molar-refractivity contribution in [1.82, 2.24) is 4.98 Å². The number of nitrogens with zero attached hydrogens (tertiary/aromatic N) is 1. The zero-order chi connectivity index (χ0) is 13.6. The van der Waals surface area contributed by atoms with Gasteiger partial charge in [0.25, 0.3) is 0 Å². The summed E-state index contributed by atoms with van der Waals surface area (Å²) < 4.78 is 0. The number of rotatable bonds is 3. The summed E-state index contributed by atoms with van der Waals surface area (Å²) in [5, 5.41) is 0. The van der Waals surface area contributed by atoms with Crippen molar-refractivity contribution in [3.05, 3.63) is 102 Å². The lowest BCUT2D eigenvalue weighted by atomic mass is 9.96. The molecule has 0 spiro atoms. The molecule has 0 aliphatic heterocycles. The lowest BCUT2D eigenvalue weighted by Crippen LogP contribution is -1.87. The average Bonchev–Trinajstić information content (AvgIpc) is 2.55. The summed E-state index contributed by atoms with van der Waals surface area (Å²) in [5.41, 5.74) is 4.81. The topological polar surface area (TPSA) is 12.9 Å². The molecule has 1 heterocycles. The van der Waals surface area contributed by atoms with Crippen molar-refractivity contribution in [2.75, 3.05) is 0 Å². The fraction of sp³-hybridized carbons (Fsp3) is 0. The minimum Gasteiger partial charge on any atom is -0.265 e. The summed E-state index contributed by atoms with van der Waals surface area (Å²) in [7, 11) is 0. The average molecular weight is 294 g/mol. The Morgan fingerprint density at radius 2 is 1.14 bits per heavy atom. The molecule has 1 aromatic heterocycles. The van der Waals surface area contributed by atoms with Crippen LogP contribution in [-0.4, -0.2) is 4.98 Å². The van der Waals surface area contributed by atoms with Gasteiger partial charge in [-0.3, -0.25) is 4.98 Å². The Morgan fingerprint density at radius 3 is 1.62 bits per heavy atom. The van der Waals surface area contributed by atoms with Gasteiger partial charge in [0.1, 0.15) is 0 Å². The summed E-state index contributed by atoms with van der Waals surface area (Å²) in [6, 6.07) is 24.9. The van der Waals surface area contributed by atoms with Crippen LogP contribution in [0.2, 0.25) is 0 Å². The monoisotopic (exact) mass is 293 g/mol. The molecule has 0 unspecified atom stereocenters. The van der Waals surface area contributed by atoms with Crippen molar-refractivity contribution in [1.29, 1.82) is 0 Å². The molecule has 0 fully saturated rings. The van der Waals surface area contributed by atoms with Gasteiger partial charge in [-0.1, -0.05) is 60.7 Å². The zero-order valence-corrected chi connectivity index (χ0v) is 12.3. The predicted molar refractivity (Wildman–Crippen MR) is 91.3 cm³/mol. The first kappa shape index (κ1) is 15.0. The van der Waals surface area contributed by atoms with Gasteiger partial charge in [-0.05, 0) is 40.5 Å². The van der Waals surface area contributed by atoms with E-state index in [-0.39, 0.29) is 12.4 Å². The maximum atomic E-state index is 4.07. The van der Waals surface area contributed by atoms with E-state index in [0.717, 1.165) is 5.56 Å². The van der Waals surface area contributed by atoms with Gasteiger partial charge >= 0.3 is 0 Å². The summed E-state index contributed by atoms with van der Waals surface area (Å²) in [5.74, 6) is 0. The van der Waals surface area contributed by atoms with Crippen LogP contribution >= 0.6 is 12.4 Å². The molecule has 2 heteroatoms. The normalized spacial score (nSPS) is 9.52. The van der Waals surface area contributed by atoms with Crippen LogP contribution in [0.5, 0.6) is 0 Å². The highest BCUT2D eigenvalue weighted by atomic mass is 35.5. The first-order valence-electron chi connectivity index (χ1n) is 6.66. The number of aromatic nitrogens is 1. The Bertz CT molecular complexity index is 650. The maximum Gasteiger partial charge on any atom is 0.0273 e. The van der Waals surface area contributed by atoms with Crippen molar-refractivity contribution >= 4 is 24.1 Å². The molecule has 0 aliphatic rings. The zero-order valence-electron chi connectivity index (χ0n) is 11.5. The van der Waals surface area contributed by atoms with Crippen molar-refractivity contribution < 1.29 is 0 Å². The first-order valence-corrected chi connectivity index (χ1v) is 6.66. The fourth-order valence-electron chi connectivity index (χ4n) is 2.20. The van der Waals surface area contributed by atoms with Crippen LogP contribution in [0.3, 0.4) is 0 Å². The molecule has 0 saturated carbocycles. The molecule has 0 atom stereocenters. The Balaban J connectivity index is 0.00000161. The van der Waals surface area contributed by atoms with E-state index >= 15 is 0 Å². The minimum atomic E-state index is 0. The molecule has 0 radical (unpaired) electrons. The molecule has 21 heavy (non-hydrogen) atoms. The highest BCUT2D eigenvalue weighted by molar-refractivity contribution is 5.91. The van der Waals surface area contributed by atoms with Crippen LogP contribution in [0.15, 0.2) is 85.2 Å². The Morgan fingerprint density at radius 1 is 0.667 bits per heavy atom. The number of benzene rings is 2. The van der Waals surface area contributed by atoms with E-state index < -0.39 is 0 Å². The second-order valence-corrected chi connectivity index (χ2v) is 4.57. The van der Waals surface area contributed by atoms with Gasteiger partial charge in [-0.25, -0.2) is 0 Å². The molecule has 0 N–H and O–H groups in total. The molecule has 0 saturated heterocycles. The summed E-state index contributed by atoms with van der Waals surface area (Å²) in [4.78, 5) is 4.07. The van der Waals surface area contributed by atoms with Crippen molar-refractivity contribution in [2.45, 2.75) is 0 Å². The Kier molecular flexibility index (Phi) is 5.30. The van der Waals surface area contributed by atoms with Crippen LogP contribution in [0.1, 0.15) is 16.7 Å². The number of halogens is 1. The van der Waals surface area contributed by atoms with Crippen LogP contribution in [0, 0.1) is 0 Å².